The van der Waals surface area contributed by atoms with Crippen LogP contribution in [0.3, 0.4) is 0 Å². The Bertz CT molecular complexity index is 420. The van der Waals surface area contributed by atoms with Crippen molar-refractivity contribution in [2.24, 2.45) is 5.92 Å². The van der Waals surface area contributed by atoms with E-state index in [0.717, 1.165) is 5.92 Å². The topological polar surface area (TPSA) is 3.24 Å². The molecule has 1 aromatic carbocycles. The second kappa shape index (κ2) is 6.96. The third kappa shape index (κ3) is 4.57. The van der Waals surface area contributed by atoms with Crippen LogP contribution in [0.15, 0.2) is 24.3 Å². The van der Waals surface area contributed by atoms with Gasteiger partial charge in [0.2, 0.25) is 0 Å². The quantitative estimate of drug-likeness (QED) is 0.750. The molecule has 0 spiro atoms. The first-order valence-electron chi connectivity index (χ1n) is 8.71. The summed E-state index contributed by atoms with van der Waals surface area (Å²) in [7, 11) is 0. The highest BCUT2D eigenvalue weighted by Gasteiger charge is 2.22. The maximum Gasteiger partial charge on any atom is 0.00957 e. The van der Waals surface area contributed by atoms with Crippen molar-refractivity contribution in [3.63, 3.8) is 0 Å². The van der Waals surface area contributed by atoms with Gasteiger partial charge in [-0.05, 0) is 61.7 Å². The van der Waals surface area contributed by atoms with Crippen molar-refractivity contribution in [2.45, 2.75) is 71.8 Å². The van der Waals surface area contributed by atoms with Crippen molar-refractivity contribution < 1.29 is 0 Å². The van der Waals surface area contributed by atoms with Crippen molar-refractivity contribution >= 4 is 0 Å². The van der Waals surface area contributed by atoms with Gasteiger partial charge in [-0.2, -0.15) is 0 Å². The highest BCUT2D eigenvalue weighted by molar-refractivity contribution is 5.27. The van der Waals surface area contributed by atoms with Gasteiger partial charge in [-0.25, -0.2) is 0 Å². The van der Waals surface area contributed by atoms with Crippen molar-refractivity contribution in [2.75, 3.05) is 13.1 Å². The van der Waals surface area contributed by atoms with Crippen LogP contribution in [-0.2, 0) is 11.8 Å². The molecule has 1 saturated heterocycles. The van der Waals surface area contributed by atoms with E-state index >= 15 is 0 Å². The number of hydrogen-bond donors (Lipinski definition) is 0. The van der Waals surface area contributed by atoms with E-state index in [2.05, 4.69) is 63.8 Å². The zero-order valence-corrected chi connectivity index (χ0v) is 14.7. The molecule has 2 atom stereocenters. The minimum Gasteiger partial charge on any atom is -0.300 e. The fourth-order valence-corrected chi connectivity index (χ4v) is 3.37. The lowest BCUT2D eigenvalue weighted by atomic mass is 9.85. The lowest BCUT2D eigenvalue weighted by Gasteiger charge is -2.36. The molecule has 0 saturated carbocycles. The van der Waals surface area contributed by atoms with Crippen LogP contribution in [0.4, 0.5) is 0 Å². The summed E-state index contributed by atoms with van der Waals surface area (Å²) < 4.78 is 0. The Labute approximate surface area is 131 Å². The maximum atomic E-state index is 2.69. The Morgan fingerprint density at radius 1 is 0.952 bits per heavy atom. The molecule has 0 bridgehead atoms. The molecule has 0 aromatic heterocycles. The molecular weight excluding hydrogens is 254 g/mol. The van der Waals surface area contributed by atoms with Gasteiger partial charge >= 0.3 is 0 Å². The minimum absolute atomic E-state index is 0.255. The summed E-state index contributed by atoms with van der Waals surface area (Å²) in [5.41, 5.74) is 3.17. The molecule has 0 aliphatic carbocycles. The van der Waals surface area contributed by atoms with E-state index in [-0.39, 0.29) is 5.41 Å². The van der Waals surface area contributed by atoms with E-state index in [4.69, 9.17) is 0 Å². The summed E-state index contributed by atoms with van der Waals surface area (Å²) in [5.74, 6) is 0.726. The fourth-order valence-electron chi connectivity index (χ4n) is 3.37. The van der Waals surface area contributed by atoms with E-state index in [1.165, 1.54) is 49.9 Å². The smallest absolute Gasteiger partial charge is 0.00957 e. The summed E-state index contributed by atoms with van der Waals surface area (Å²) in [4.78, 5) is 2.69. The molecule has 2 unspecified atom stereocenters. The first-order chi connectivity index (χ1) is 9.88. The van der Waals surface area contributed by atoms with Gasteiger partial charge in [0.15, 0.2) is 0 Å². The predicted octanol–water partition coefficient (Wildman–Crippen LogP) is 5.04. The molecule has 1 aliphatic rings. The molecule has 118 valence electrons. The summed E-state index contributed by atoms with van der Waals surface area (Å²) in [6.45, 7) is 14.3. The summed E-state index contributed by atoms with van der Waals surface area (Å²) in [6.07, 6.45) is 5.39. The monoisotopic (exact) mass is 287 g/mol. The van der Waals surface area contributed by atoms with E-state index in [9.17, 15) is 0 Å². The molecule has 2 rings (SSSR count). The van der Waals surface area contributed by atoms with Crippen LogP contribution in [0, 0.1) is 5.92 Å². The van der Waals surface area contributed by atoms with Crippen LogP contribution in [0.5, 0.6) is 0 Å². The Kier molecular flexibility index (Phi) is 5.48. The van der Waals surface area contributed by atoms with Crippen molar-refractivity contribution in [1.29, 1.82) is 0 Å². The molecule has 1 heteroatoms. The van der Waals surface area contributed by atoms with Gasteiger partial charge in [0.05, 0.1) is 0 Å². The Balaban J connectivity index is 1.94. The highest BCUT2D eigenvalue weighted by atomic mass is 15.2. The van der Waals surface area contributed by atoms with Gasteiger partial charge in [-0.1, -0.05) is 58.4 Å². The number of piperidine rings is 1. The van der Waals surface area contributed by atoms with E-state index in [1.807, 2.05) is 0 Å². The first-order valence-corrected chi connectivity index (χ1v) is 8.71. The third-order valence-electron chi connectivity index (χ3n) is 5.17. The number of rotatable bonds is 4. The van der Waals surface area contributed by atoms with Crippen molar-refractivity contribution in [1.82, 2.24) is 4.90 Å². The van der Waals surface area contributed by atoms with Crippen LogP contribution in [0.2, 0.25) is 0 Å². The lowest BCUT2D eigenvalue weighted by molar-refractivity contribution is 0.134. The normalized spacial score (nSPS) is 20.2. The molecule has 1 nitrogen and oxygen atoms in total. The molecule has 0 N–H and O–H groups in total. The largest absolute Gasteiger partial charge is 0.300 e. The molecule has 1 heterocycles. The van der Waals surface area contributed by atoms with Crippen LogP contribution < -0.4 is 0 Å². The zero-order valence-electron chi connectivity index (χ0n) is 14.7. The Morgan fingerprint density at radius 3 is 2.05 bits per heavy atom. The van der Waals surface area contributed by atoms with E-state index < -0.39 is 0 Å². The second-order valence-electron chi connectivity index (χ2n) is 7.97. The van der Waals surface area contributed by atoms with Crippen LogP contribution in [0.25, 0.3) is 0 Å². The summed E-state index contributed by atoms with van der Waals surface area (Å²) in [6, 6.07) is 9.99. The van der Waals surface area contributed by atoms with Crippen LogP contribution in [-0.4, -0.2) is 24.0 Å². The standard InChI is InChI=1S/C20H33N/c1-16(17(2)21-13-7-6-8-14-21)15-18-9-11-19(12-10-18)20(3,4)5/h9-12,16-17H,6-8,13-15H2,1-5H3. The predicted molar refractivity (Wildman–Crippen MR) is 92.9 cm³/mol. The van der Waals surface area contributed by atoms with Crippen LogP contribution >= 0.6 is 0 Å². The fraction of sp³-hybridized carbons (Fsp3) is 0.700. The summed E-state index contributed by atoms with van der Waals surface area (Å²) in [5, 5.41) is 0. The second-order valence-corrected chi connectivity index (χ2v) is 7.97. The van der Waals surface area contributed by atoms with Crippen LogP contribution in [0.1, 0.15) is 65.0 Å². The Hall–Kier alpha value is -0.820. The SMILES string of the molecule is CC(Cc1ccc(C(C)(C)C)cc1)C(C)N1CCCCC1. The minimum atomic E-state index is 0.255. The molecular formula is C20H33N. The van der Waals surface area contributed by atoms with Crippen molar-refractivity contribution in [3.05, 3.63) is 35.4 Å². The average Bonchev–Trinajstić information content (AvgIpc) is 2.47. The van der Waals surface area contributed by atoms with Gasteiger partial charge in [0.1, 0.15) is 0 Å². The molecule has 21 heavy (non-hydrogen) atoms. The number of nitrogens with zero attached hydrogens (tertiary/aromatic N) is 1. The highest BCUT2D eigenvalue weighted by Crippen LogP contribution is 2.24. The number of benzene rings is 1. The average molecular weight is 287 g/mol. The molecule has 0 amide bonds. The third-order valence-corrected chi connectivity index (χ3v) is 5.17. The van der Waals surface area contributed by atoms with E-state index in [1.54, 1.807) is 0 Å². The molecule has 1 fully saturated rings. The summed E-state index contributed by atoms with van der Waals surface area (Å²) >= 11 is 0. The molecule has 1 aromatic rings. The molecule has 1 aliphatic heterocycles. The Morgan fingerprint density at radius 2 is 1.52 bits per heavy atom. The maximum absolute atomic E-state index is 2.69. The van der Waals surface area contributed by atoms with Crippen molar-refractivity contribution in [3.8, 4) is 0 Å². The van der Waals surface area contributed by atoms with Gasteiger partial charge < -0.3 is 4.90 Å². The van der Waals surface area contributed by atoms with Gasteiger partial charge in [0.25, 0.3) is 0 Å². The number of likely N-dealkylation sites (tertiary alicyclic amines) is 1. The lowest BCUT2D eigenvalue weighted by Crippen LogP contribution is -2.41. The van der Waals surface area contributed by atoms with E-state index in [0.29, 0.717) is 6.04 Å². The number of hydrogen-bond acceptors (Lipinski definition) is 1. The zero-order chi connectivity index (χ0) is 15.5. The van der Waals surface area contributed by atoms with Gasteiger partial charge in [0, 0.05) is 6.04 Å². The molecule has 0 radical (unpaired) electrons. The van der Waals surface area contributed by atoms with Gasteiger partial charge in [-0.3, -0.25) is 0 Å². The van der Waals surface area contributed by atoms with Gasteiger partial charge in [-0.15, -0.1) is 0 Å². The first kappa shape index (κ1) is 16.5.